The zero-order valence-electron chi connectivity index (χ0n) is 22.2. The average molecular weight is 611 g/mol. The molecule has 3 rings (SSSR count). The number of carbonyl (C=O) groups excluding carboxylic acids is 2. The summed E-state index contributed by atoms with van der Waals surface area (Å²) < 4.78 is 47.5. The van der Waals surface area contributed by atoms with E-state index in [4.69, 9.17) is 27.9 Å². The van der Waals surface area contributed by atoms with Crippen molar-refractivity contribution in [2.24, 2.45) is 0 Å². The molecular formula is C28H30Cl2FN3O5S. The molecule has 0 heterocycles. The number of carbonyl (C=O) groups is 2. The standard InChI is InChI=1S/C28H30Cl2FN3O5S/c1-4-26(28(36)32-3)33(17-19-6-15-24(29)25(30)16-19)27(35)18-34(21-9-11-22(12-10-21)39-5-2)40(37,38)23-13-7-20(31)8-14-23/h6-16,26H,4-5,17-18H2,1-3H3,(H,32,36). The van der Waals surface area contributed by atoms with Crippen molar-refractivity contribution in [3.8, 4) is 5.75 Å². The van der Waals surface area contributed by atoms with Crippen molar-refractivity contribution in [1.29, 1.82) is 0 Å². The van der Waals surface area contributed by atoms with Crippen LogP contribution >= 0.6 is 23.2 Å². The van der Waals surface area contributed by atoms with Gasteiger partial charge in [-0.1, -0.05) is 36.2 Å². The van der Waals surface area contributed by atoms with Crippen molar-refractivity contribution in [2.45, 2.75) is 37.8 Å². The lowest BCUT2D eigenvalue weighted by Gasteiger charge is -2.33. The van der Waals surface area contributed by atoms with E-state index in [0.717, 1.165) is 28.6 Å². The highest BCUT2D eigenvalue weighted by atomic mass is 35.5. The number of halogens is 3. The number of rotatable bonds is 12. The van der Waals surface area contributed by atoms with Crippen molar-refractivity contribution >= 4 is 50.7 Å². The Bertz CT molecular complexity index is 1440. The second-order valence-corrected chi connectivity index (χ2v) is 11.4. The van der Waals surface area contributed by atoms with E-state index < -0.39 is 40.2 Å². The lowest BCUT2D eigenvalue weighted by molar-refractivity contribution is -0.140. The van der Waals surface area contributed by atoms with Crippen LogP contribution < -0.4 is 14.4 Å². The number of benzene rings is 3. The molecular weight excluding hydrogens is 580 g/mol. The van der Waals surface area contributed by atoms with E-state index in [1.165, 1.54) is 24.1 Å². The number of sulfonamides is 1. The molecule has 0 fully saturated rings. The predicted molar refractivity (Wildman–Crippen MR) is 154 cm³/mol. The van der Waals surface area contributed by atoms with E-state index in [-0.39, 0.29) is 28.6 Å². The average Bonchev–Trinajstić information content (AvgIpc) is 2.94. The molecule has 12 heteroatoms. The Balaban J connectivity index is 2.06. The van der Waals surface area contributed by atoms with Crippen LogP contribution in [0.15, 0.2) is 71.6 Å². The first kappa shape index (κ1) is 31.2. The molecule has 0 aromatic heterocycles. The summed E-state index contributed by atoms with van der Waals surface area (Å²) in [5, 5.41) is 3.16. The molecule has 0 saturated heterocycles. The van der Waals surface area contributed by atoms with Gasteiger partial charge >= 0.3 is 0 Å². The lowest BCUT2D eigenvalue weighted by atomic mass is 10.1. The first-order valence-electron chi connectivity index (χ1n) is 12.5. The number of hydrogen-bond donors (Lipinski definition) is 1. The quantitative estimate of drug-likeness (QED) is 0.301. The molecule has 0 saturated carbocycles. The van der Waals surface area contributed by atoms with E-state index >= 15 is 0 Å². The number of likely N-dealkylation sites (N-methyl/N-ethyl adjacent to an activating group) is 1. The second kappa shape index (κ2) is 13.8. The first-order chi connectivity index (χ1) is 19.0. The third kappa shape index (κ3) is 7.44. The minimum absolute atomic E-state index is 0.0324. The summed E-state index contributed by atoms with van der Waals surface area (Å²) in [4.78, 5) is 27.8. The third-order valence-corrected chi connectivity index (χ3v) is 8.61. The van der Waals surface area contributed by atoms with Gasteiger partial charge in [0.1, 0.15) is 24.2 Å². The summed E-state index contributed by atoms with van der Waals surface area (Å²) >= 11 is 12.2. The summed E-state index contributed by atoms with van der Waals surface area (Å²) in [6.07, 6.45) is 0.264. The van der Waals surface area contributed by atoms with Gasteiger partial charge in [0.25, 0.3) is 10.0 Å². The number of anilines is 1. The summed E-state index contributed by atoms with van der Waals surface area (Å²) in [6, 6.07) is 14.4. The molecule has 1 atom stereocenters. The van der Waals surface area contributed by atoms with Gasteiger partial charge in [0.05, 0.1) is 27.2 Å². The third-order valence-electron chi connectivity index (χ3n) is 6.09. The van der Waals surface area contributed by atoms with Crippen LogP contribution in [-0.2, 0) is 26.2 Å². The molecule has 0 aliphatic heterocycles. The fraction of sp³-hybridized carbons (Fsp3) is 0.286. The summed E-state index contributed by atoms with van der Waals surface area (Å²) in [7, 11) is -2.87. The van der Waals surface area contributed by atoms with E-state index in [9.17, 15) is 22.4 Å². The molecule has 1 N–H and O–H groups in total. The molecule has 3 aromatic rings. The van der Waals surface area contributed by atoms with Gasteiger partial charge in [-0.15, -0.1) is 0 Å². The SMILES string of the molecule is CCOc1ccc(N(CC(=O)N(Cc2ccc(Cl)c(Cl)c2)C(CC)C(=O)NC)S(=O)(=O)c2ccc(F)cc2)cc1. The Kier molecular flexibility index (Phi) is 10.8. The van der Waals surface area contributed by atoms with Crippen LogP contribution in [0.3, 0.4) is 0 Å². The maximum atomic E-state index is 13.9. The Morgan fingerprint density at radius 1 is 0.975 bits per heavy atom. The monoisotopic (exact) mass is 609 g/mol. The van der Waals surface area contributed by atoms with Crippen molar-refractivity contribution < 1.29 is 27.1 Å². The van der Waals surface area contributed by atoms with Crippen LogP contribution in [0, 0.1) is 5.82 Å². The van der Waals surface area contributed by atoms with Crippen molar-refractivity contribution in [3.05, 3.63) is 88.2 Å². The molecule has 2 amide bonds. The minimum Gasteiger partial charge on any atom is -0.494 e. The Morgan fingerprint density at radius 2 is 1.62 bits per heavy atom. The smallest absolute Gasteiger partial charge is 0.264 e. The highest BCUT2D eigenvalue weighted by Crippen LogP contribution is 2.28. The van der Waals surface area contributed by atoms with Crippen LogP contribution in [-0.4, -0.2) is 51.4 Å². The van der Waals surface area contributed by atoms with Crippen LogP contribution in [0.5, 0.6) is 5.75 Å². The highest BCUT2D eigenvalue weighted by molar-refractivity contribution is 7.92. The molecule has 8 nitrogen and oxygen atoms in total. The van der Waals surface area contributed by atoms with Crippen LogP contribution in [0.4, 0.5) is 10.1 Å². The largest absolute Gasteiger partial charge is 0.494 e. The molecule has 0 bridgehead atoms. The van der Waals surface area contributed by atoms with Gasteiger partial charge in [0.2, 0.25) is 11.8 Å². The Morgan fingerprint density at radius 3 is 2.17 bits per heavy atom. The number of nitrogens with zero attached hydrogens (tertiary/aromatic N) is 2. The van der Waals surface area contributed by atoms with Gasteiger partial charge < -0.3 is 15.0 Å². The van der Waals surface area contributed by atoms with Gasteiger partial charge in [0, 0.05) is 13.6 Å². The Hall–Kier alpha value is -3.34. The zero-order chi connectivity index (χ0) is 29.4. The van der Waals surface area contributed by atoms with Gasteiger partial charge in [-0.05, 0) is 79.6 Å². The zero-order valence-corrected chi connectivity index (χ0v) is 24.6. The van der Waals surface area contributed by atoms with Gasteiger partial charge in [-0.2, -0.15) is 0 Å². The molecule has 0 aliphatic carbocycles. The van der Waals surface area contributed by atoms with Gasteiger partial charge in [0.15, 0.2) is 0 Å². The molecule has 3 aromatic carbocycles. The van der Waals surface area contributed by atoms with Crippen LogP contribution in [0.2, 0.25) is 10.0 Å². The number of hydrogen-bond acceptors (Lipinski definition) is 5. The normalized spacial score (nSPS) is 11.9. The minimum atomic E-state index is -4.33. The van der Waals surface area contributed by atoms with E-state index in [1.54, 1.807) is 37.3 Å². The molecule has 214 valence electrons. The van der Waals surface area contributed by atoms with E-state index in [0.29, 0.717) is 22.9 Å². The molecule has 0 radical (unpaired) electrons. The van der Waals surface area contributed by atoms with Crippen LogP contribution in [0.1, 0.15) is 25.8 Å². The predicted octanol–water partition coefficient (Wildman–Crippen LogP) is 5.28. The molecule has 0 spiro atoms. The fourth-order valence-electron chi connectivity index (χ4n) is 4.06. The van der Waals surface area contributed by atoms with E-state index in [2.05, 4.69) is 5.32 Å². The van der Waals surface area contributed by atoms with Crippen molar-refractivity contribution in [1.82, 2.24) is 10.2 Å². The van der Waals surface area contributed by atoms with Gasteiger partial charge in [-0.25, -0.2) is 12.8 Å². The molecule has 1 unspecified atom stereocenters. The van der Waals surface area contributed by atoms with Gasteiger partial charge in [-0.3, -0.25) is 13.9 Å². The van der Waals surface area contributed by atoms with Crippen molar-refractivity contribution in [2.75, 3.05) is 24.5 Å². The summed E-state index contributed by atoms with van der Waals surface area (Å²) in [5.74, 6) is -1.14. The lowest BCUT2D eigenvalue weighted by Crippen LogP contribution is -2.51. The summed E-state index contributed by atoms with van der Waals surface area (Å²) in [6.45, 7) is 3.31. The van der Waals surface area contributed by atoms with Crippen molar-refractivity contribution in [3.63, 3.8) is 0 Å². The maximum Gasteiger partial charge on any atom is 0.264 e. The van der Waals surface area contributed by atoms with Crippen LogP contribution in [0.25, 0.3) is 0 Å². The first-order valence-corrected chi connectivity index (χ1v) is 14.7. The Labute approximate surface area is 243 Å². The topological polar surface area (TPSA) is 96.0 Å². The number of nitrogens with one attached hydrogen (secondary N) is 1. The molecule has 0 aliphatic rings. The number of amides is 2. The molecule has 40 heavy (non-hydrogen) atoms. The highest BCUT2D eigenvalue weighted by Gasteiger charge is 2.33. The number of ether oxygens (including phenoxy) is 1. The summed E-state index contributed by atoms with van der Waals surface area (Å²) in [5.41, 5.74) is 0.780. The second-order valence-electron chi connectivity index (χ2n) is 8.70. The fourth-order valence-corrected chi connectivity index (χ4v) is 5.79. The van der Waals surface area contributed by atoms with E-state index in [1.807, 2.05) is 6.92 Å². The maximum absolute atomic E-state index is 13.9.